The Balaban J connectivity index is 1.39. The molecule has 1 aromatic heterocycles. The second kappa shape index (κ2) is 8.61. The van der Waals surface area contributed by atoms with Crippen molar-refractivity contribution in [3.63, 3.8) is 0 Å². The summed E-state index contributed by atoms with van der Waals surface area (Å²) in [7, 11) is 0. The molecule has 6 nitrogen and oxygen atoms in total. The molecular weight excluding hydrogens is 364 g/mol. The summed E-state index contributed by atoms with van der Waals surface area (Å²) >= 11 is 6.52. The normalized spacial score (nSPS) is 25.9. The first-order valence-corrected chi connectivity index (χ1v) is 10.1. The highest BCUT2D eigenvalue weighted by atomic mass is 35.5. The molecule has 3 atom stereocenters. The molecule has 2 N–H and O–H groups in total. The third kappa shape index (κ3) is 4.46. The molecule has 1 saturated carbocycles. The van der Waals surface area contributed by atoms with E-state index < -0.39 is 0 Å². The maximum absolute atomic E-state index is 10.5. The Labute approximate surface area is 165 Å². The number of aliphatic hydroxyl groups excluding tert-OH is 1. The van der Waals surface area contributed by atoms with Gasteiger partial charge in [0.25, 0.3) is 0 Å². The first-order chi connectivity index (χ1) is 13.2. The van der Waals surface area contributed by atoms with Crippen LogP contribution in [0.1, 0.15) is 18.4 Å². The van der Waals surface area contributed by atoms with Crippen molar-refractivity contribution in [2.75, 3.05) is 31.2 Å². The Kier molecular flexibility index (Phi) is 5.98. The molecule has 2 heterocycles. The summed E-state index contributed by atoms with van der Waals surface area (Å²) in [6.45, 7) is 4.76. The highest BCUT2D eigenvalue weighted by Crippen LogP contribution is 2.31. The summed E-state index contributed by atoms with van der Waals surface area (Å²) in [4.78, 5) is 2.33. The van der Waals surface area contributed by atoms with Crippen LogP contribution in [0.4, 0.5) is 5.69 Å². The van der Waals surface area contributed by atoms with Gasteiger partial charge in [0, 0.05) is 60.9 Å². The van der Waals surface area contributed by atoms with E-state index in [0.717, 1.165) is 56.3 Å². The number of hydrogen-bond donors (Lipinski definition) is 2. The third-order valence-electron chi connectivity index (χ3n) is 5.62. The van der Waals surface area contributed by atoms with E-state index in [4.69, 9.17) is 16.3 Å². The number of anilines is 1. The quantitative estimate of drug-likeness (QED) is 0.792. The average Bonchev–Trinajstić information content (AvgIpc) is 3.31. The zero-order chi connectivity index (χ0) is 18.6. The Morgan fingerprint density at radius 2 is 2.07 bits per heavy atom. The molecular formula is C20H27ClN4O2. The average molecular weight is 391 g/mol. The van der Waals surface area contributed by atoms with Crippen LogP contribution in [0.5, 0.6) is 0 Å². The second-order valence-electron chi connectivity index (χ2n) is 7.46. The van der Waals surface area contributed by atoms with Gasteiger partial charge < -0.3 is 20.1 Å². The largest absolute Gasteiger partial charge is 0.391 e. The predicted molar refractivity (Wildman–Crippen MR) is 106 cm³/mol. The van der Waals surface area contributed by atoms with E-state index in [0.29, 0.717) is 12.5 Å². The first kappa shape index (κ1) is 18.7. The van der Waals surface area contributed by atoms with E-state index in [1.54, 1.807) is 6.20 Å². The van der Waals surface area contributed by atoms with Crippen LogP contribution in [0.15, 0.2) is 36.7 Å². The number of benzene rings is 1. The van der Waals surface area contributed by atoms with Crippen molar-refractivity contribution in [3.05, 3.63) is 47.2 Å². The van der Waals surface area contributed by atoms with E-state index in [-0.39, 0.29) is 12.1 Å². The number of nitrogens with zero attached hydrogens (tertiary/aromatic N) is 3. The molecule has 1 unspecified atom stereocenters. The number of aliphatic hydroxyl groups is 1. The van der Waals surface area contributed by atoms with E-state index in [1.165, 1.54) is 5.69 Å². The van der Waals surface area contributed by atoms with Crippen LogP contribution >= 0.6 is 11.6 Å². The standard InChI is InChI=1S/C20H27ClN4O2/c21-17-3-1-4-19(24-7-9-27-10-8-24)16(17)13-22-18-11-15(12-20(18)26)14-25-6-2-5-23-25/h1-6,15,18,20,22,26H,7-14H2/t15?,18-,20-/m1/s1. The number of ether oxygens (including phenoxy) is 1. The zero-order valence-corrected chi connectivity index (χ0v) is 16.2. The second-order valence-corrected chi connectivity index (χ2v) is 7.86. The monoisotopic (exact) mass is 390 g/mol. The molecule has 2 aromatic rings. The molecule has 1 aromatic carbocycles. The molecule has 4 rings (SSSR count). The molecule has 146 valence electrons. The summed E-state index contributed by atoms with van der Waals surface area (Å²) in [6, 6.07) is 8.08. The fraction of sp³-hybridized carbons (Fsp3) is 0.550. The van der Waals surface area contributed by atoms with Gasteiger partial charge >= 0.3 is 0 Å². The van der Waals surface area contributed by atoms with Gasteiger partial charge in [0.1, 0.15) is 0 Å². The number of nitrogens with one attached hydrogen (secondary N) is 1. The fourth-order valence-electron chi connectivity index (χ4n) is 4.22. The molecule has 0 amide bonds. The van der Waals surface area contributed by atoms with Gasteiger partial charge in [-0.25, -0.2) is 0 Å². The van der Waals surface area contributed by atoms with E-state index in [2.05, 4.69) is 21.4 Å². The van der Waals surface area contributed by atoms with Crippen LogP contribution < -0.4 is 10.2 Å². The van der Waals surface area contributed by atoms with Crippen LogP contribution in [0.2, 0.25) is 5.02 Å². The molecule has 27 heavy (non-hydrogen) atoms. The van der Waals surface area contributed by atoms with Gasteiger partial charge in [-0.2, -0.15) is 5.10 Å². The molecule has 7 heteroatoms. The topological polar surface area (TPSA) is 62.5 Å². The molecule has 0 radical (unpaired) electrons. The van der Waals surface area contributed by atoms with Gasteiger partial charge in [-0.15, -0.1) is 0 Å². The number of aromatic nitrogens is 2. The predicted octanol–water partition coefficient (Wildman–Crippen LogP) is 2.30. The van der Waals surface area contributed by atoms with Crippen molar-refractivity contribution >= 4 is 17.3 Å². The lowest BCUT2D eigenvalue weighted by Crippen LogP contribution is -2.38. The SMILES string of the molecule is O[C@@H]1CC(Cn2cccn2)C[C@H]1NCc1c(Cl)cccc1N1CCOCC1. The summed E-state index contributed by atoms with van der Waals surface area (Å²) in [5.41, 5.74) is 2.27. The maximum atomic E-state index is 10.5. The minimum Gasteiger partial charge on any atom is -0.391 e. The van der Waals surface area contributed by atoms with Gasteiger partial charge in [-0.05, 0) is 37.0 Å². The van der Waals surface area contributed by atoms with Crippen LogP contribution in [-0.2, 0) is 17.8 Å². The lowest BCUT2D eigenvalue weighted by Gasteiger charge is -2.31. The van der Waals surface area contributed by atoms with Crippen molar-refractivity contribution in [3.8, 4) is 0 Å². The molecule has 1 aliphatic carbocycles. The van der Waals surface area contributed by atoms with Crippen LogP contribution in [0, 0.1) is 5.92 Å². The van der Waals surface area contributed by atoms with Crippen molar-refractivity contribution < 1.29 is 9.84 Å². The van der Waals surface area contributed by atoms with Gasteiger partial charge in [-0.3, -0.25) is 4.68 Å². The summed E-state index contributed by atoms with van der Waals surface area (Å²) < 4.78 is 7.42. The molecule has 2 aliphatic rings. The molecule has 1 saturated heterocycles. The lowest BCUT2D eigenvalue weighted by molar-refractivity contribution is 0.122. The minimum absolute atomic E-state index is 0.0828. The smallest absolute Gasteiger partial charge is 0.0696 e. The maximum Gasteiger partial charge on any atom is 0.0696 e. The van der Waals surface area contributed by atoms with Crippen LogP contribution in [0.3, 0.4) is 0 Å². The Hall–Kier alpha value is -1.60. The van der Waals surface area contributed by atoms with Crippen LogP contribution in [0.25, 0.3) is 0 Å². The van der Waals surface area contributed by atoms with E-state index in [1.807, 2.05) is 29.1 Å². The highest BCUT2D eigenvalue weighted by Gasteiger charge is 2.33. The number of morpholine rings is 1. The van der Waals surface area contributed by atoms with Gasteiger partial charge in [0.2, 0.25) is 0 Å². The van der Waals surface area contributed by atoms with Gasteiger partial charge in [0.15, 0.2) is 0 Å². The molecule has 0 spiro atoms. The summed E-state index contributed by atoms with van der Waals surface area (Å²) in [5, 5.41) is 19.1. The number of hydrogen-bond acceptors (Lipinski definition) is 5. The molecule has 0 bridgehead atoms. The first-order valence-electron chi connectivity index (χ1n) is 9.69. The zero-order valence-electron chi connectivity index (χ0n) is 15.4. The minimum atomic E-state index is -0.333. The summed E-state index contributed by atoms with van der Waals surface area (Å²) in [5.74, 6) is 0.433. The number of rotatable bonds is 6. The number of halogens is 1. The van der Waals surface area contributed by atoms with E-state index in [9.17, 15) is 5.11 Å². The van der Waals surface area contributed by atoms with Crippen molar-refractivity contribution in [1.29, 1.82) is 0 Å². The Morgan fingerprint density at radius 1 is 1.22 bits per heavy atom. The Morgan fingerprint density at radius 3 is 2.85 bits per heavy atom. The van der Waals surface area contributed by atoms with Crippen LogP contribution in [-0.4, -0.2) is 53.3 Å². The Bertz CT molecular complexity index is 734. The van der Waals surface area contributed by atoms with Crippen molar-refractivity contribution in [2.24, 2.45) is 5.92 Å². The van der Waals surface area contributed by atoms with E-state index >= 15 is 0 Å². The molecule has 1 aliphatic heterocycles. The van der Waals surface area contributed by atoms with Crippen molar-refractivity contribution in [2.45, 2.75) is 38.1 Å². The van der Waals surface area contributed by atoms with Crippen molar-refractivity contribution in [1.82, 2.24) is 15.1 Å². The van der Waals surface area contributed by atoms with Gasteiger partial charge in [-0.1, -0.05) is 17.7 Å². The fourth-order valence-corrected chi connectivity index (χ4v) is 4.45. The highest BCUT2D eigenvalue weighted by molar-refractivity contribution is 6.31. The molecule has 2 fully saturated rings. The lowest BCUT2D eigenvalue weighted by atomic mass is 10.1. The summed E-state index contributed by atoms with van der Waals surface area (Å²) in [6.07, 6.45) is 5.19. The third-order valence-corrected chi connectivity index (χ3v) is 5.97. The van der Waals surface area contributed by atoms with Gasteiger partial charge in [0.05, 0.1) is 19.3 Å².